The summed E-state index contributed by atoms with van der Waals surface area (Å²) >= 11 is 0. The first kappa shape index (κ1) is 12.6. The monoisotopic (exact) mass is 246 g/mol. The molecule has 5 heteroatoms. The van der Waals surface area contributed by atoms with Crippen LogP contribution in [0.5, 0.6) is 5.75 Å². The fraction of sp³-hybridized carbons (Fsp3) is 0.385. The van der Waals surface area contributed by atoms with Gasteiger partial charge in [-0.1, -0.05) is 24.3 Å². The molecule has 0 fully saturated rings. The molecule has 18 heavy (non-hydrogen) atoms. The highest BCUT2D eigenvalue weighted by Crippen LogP contribution is 2.18. The third kappa shape index (κ3) is 3.07. The minimum Gasteiger partial charge on any atom is -0.487 e. The van der Waals surface area contributed by atoms with E-state index in [-0.39, 0.29) is 6.04 Å². The van der Waals surface area contributed by atoms with E-state index in [9.17, 15) is 0 Å². The maximum Gasteiger partial charge on any atom is 0.134 e. The van der Waals surface area contributed by atoms with E-state index in [0.29, 0.717) is 6.61 Å². The summed E-state index contributed by atoms with van der Waals surface area (Å²) in [5, 5.41) is 7.81. The molecule has 0 aliphatic rings. The van der Waals surface area contributed by atoms with Crippen LogP contribution >= 0.6 is 0 Å². The second-order valence-corrected chi connectivity index (χ2v) is 4.26. The highest BCUT2D eigenvalue weighted by molar-refractivity contribution is 5.29. The van der Waals surface area contributed by atoms with Crippen molar-refractivity contribution in [3.63, 3.8) is 0 Å². The van der Waals surface area contributed by atoms with Crippen molar-refractivity contribution in [2.24, 2.45) is 12.8 Å². The minimum atomic E-state index is 0.0963. The van der Waals surface area contributed by atoms with Crippen LogP contribution in [0.2, 0.25) is 0 Å². The number of aromatic nitrogens is 3. The van der Waals surface area contributed by atoms with Gasteiger partial charge in [0.25, 0.3) is 0 Å². The summed E-state index contributed by atoms with van der Waals surface area (Å²) in [6, 6.07) is 7.96. The standard InChI is InChI=1S/C13H18N4O/c1-3-13(14)10-4-6-12(7-5-10)18-9-11-8-17(2)16-15-11/h4-8,13H,3,9,14H2,1-2H3/t13-/m1/s1. The summed E-state index contributed by atoms with van der Waals surface area (Å²) in [7, 11) is 1.83. The Bertz CT molecular complexity index is 492. The molecule has 1 atom stereocenters. The molecular weight excluding hydrogens is 228 g/mol. The lowest BCUT2D eigenvalue weighted by atomic mass is 10.1. The first-order valence-corrected chi connectivity index (χ1v) is 6.02. The maximum absolute atomic E-state index is 5.95. The van der Waals surface area contributed by atoms with Crippen molar-refractivity contribution in [1.29, 1.82) is 0 Å². The van der Waals surface area contributed by atoms with Gasteiger partial charge in [0.2, 0.25) is 0 Å². The number of hydrogen-bond donors (Lipinski definition) is 1. The molecule has 1 aromatic heterocycles. The summed E-state index contributed by atoms with van der Waals surface area (Å²) in [4.78, 5) is 0. The Morgan fingerprint density at radius 2 is 2.06 bits per heavy atom. The van der Waals surface area contributed by atoms with Crippen LogP contribution in [-0.4, -0.2) is 15.0 Å². The highest BCUT2D eigenvalue weighted by atomic mass is 16.5. The van der Waals surface area contributed by atoms with Crippen molar-refractivity contribution in [2.75, 3.05) is 0 Å². The molecule has 5 nitrogen and oxygen atoms in total. The second kappa shape index (κ2) is 5.64. The number of nitrogens with zero attached hydrogens (tertiary/aromatic N) is 3. The van der Waals surface area contributed by atoms with Gasteiger partial charge in [0, 0.05) is 13.1 Å². The predicted molar refractivity (Wildman–Crippen MR) is 69.0 cm³/mol. The molecule has 1 aromatic carbocycles. The van der Waals surface area contributed by atoms with Gasteiger partial charge in [0.1, 0.15) is 18.1 Å². The summed E-state index contributed by atoms with van der Waals surface area (Å²) in [5.74, 6) is 0.813. The van der Waals surface area contributed by atoms with Crippen LogP contribution < -0.4 is 10.5 Å². The van der Waals surface area contributed by atoms with Gasteiger partial charge in [-0.05, 0) is 24.1 Å². The molecule has 0 spiro atoms. The molecule has 0 radical (unpaired) electrons. The normalized spacial score (nSPS) is 12.4. The molecule has 96 valence electrons. The third-order valence-electron chi connectivity index (χ3n) is 2.78. The lowest BCUT2D eigenvalue weighted by Gasteiger charge is -2.10. The van der Waals surface area contributed by atoms with E-state index in [1.54, 1.807) is 4.68 Å². The van der Waals surface area contributed by atoms with Crippen LogP contribution in [0.15, 0.2) is 30.5 Å². The first-order valence-electron chi connectivity index (χ1n) is 6.02. The molecule has 2 rings (SSSR count). The van der Waals surface area contributed by atoms with Crippen LogP contribution in [-0.2, 0) is 13.7 Å². The molecule has 0 aliphatic heterocycles. The van der Waals surface area contributed by atoms with E-state index in [4.69, 9.17) is 10.5 Å². The quantitative estimate of drug-likeness (QED) is 0.873. The molecule has 0 unspecified atom stereocenters. The summed E-state index contributed by atoms with van der Waals surface area (Å²) in [6.07, 6.45) is 2.77. The van der Waals surface area contributed by atoms with Gasteiger partial charge in [-0.25, -0.2) is 0 Å². The van der Waals surface area contributed by atoms with Crippen LogP contribution in [0.3, 0.4) is 0 Å². The van der Waals surface area contributed by atoms with Crippen molar-refractivity contribution < 1.29 is 4.74 Å². The van der Waals surface area contributed by atoms with Crippen molar-refractivity contribution in [3.8, 4) is 5.75 Å². The first-order chi connectivity index (χ1) is 8.69. The van der Waals surface area contributed by atoms with Crippen LogP contribution in [0, 0.1) is 0 Å². The zero-order chi connectivity index (χ0) is 13.0. The zero-order valence-corrected chi connectivity index (χ0v) is 10.7. The molecule has 0 amide bonds. The Morgan fingerprint density at radius 1 is 1.33 bits per heavy atom. The summed E-state index contributed by atoms with van der Waals surface area (Å²) < 4.78 is 7.27. The number of rotatable bonds is 5. The molecule has 1 heterocycles. The number of benzene rings is 1. The largest absolute Gasteiger partial charge is 0.487 e. The van der Waals surface area contributed by atoms with Gasteiger partial charge >= 0.3 is 0 Å². The molecule has 0 saturated carbocycles. The average molecular weight is 246 g/mol. The number of nitrogens with two attached hydrogens (primary N) is 1. The molecule has 0 bridgehead atoms. The fourth-order valence-electron chi connectivity index (χ4n) is 1.67. The Labute approximate surface area is 107 Å². The molecule has 2 N–H and O–H groups in total. The van der Waals surface area contributed by atoms with E-state index in [1.807, 2.05) is 37.5 Å². The third-order valence-corrected chi connectivity index (χ3v) is 2.78. The second-order valence-electron chi connectivity index (χ2n) is 4.26. The van der Waals surface area contributed by atoms with Gasteiger partial charge in [0.05, 0.1) is 6.20 Å². The van der Waals surface area contributed by atoms with E-state index in [2.05, 4.69) is 17.2 Å². The van der Waals surface area contributed by atoms with E-state index < -0.39 is 0 Å². The highest BCUT2D eigenvalue weighted by Gasteiger charge is 2.04. The van der Waals surface area contributed by atoms with Crippen molar-refractivity contribution >= 4 is 0 Å². The number of aryl methyl sites for hydroxylation is 1. The van der Waals surface area contributed by atoms with E-state index in [1.165, 1.54) is 0 Å². The maximum atomic E-state index is 5.95. The SMILES string of the molecule is CC[C@@H](N)c1ccc(OCc2cn(C)nn2)cc1. The Morgan fingerprint density at radius 3 is 2.61 bits per heavy atom. The molecule has 2 aromatic rings. The van der Waals surface area contributed by atoms with Crippen molar-refractivity contribution in [2.45, 2.75) is 26.0 Å². The van der Waals surface area contributed by atoms with Gasteiger partial charge in [-0.2, -0.15) is 0 Å². The number of hydrogen-bond acceptors (Lipinski definition) is 4. The summed E-state index contributed by atoms with van der Waals surface area (Å²) in [6.45, 7) is 2.50. The van der Waals surface area contributed by atoms with Gasteiger partial charge in [-0.15, -0.1) is 5.10 Å². The lowest BCUT2D eigenvalue weighted by molar-refractivity contribution is 0.301. The van der Waals surface area contributed by atoms with Crippen molar-refractivity contribution in [3.05, 3.63) is 41.7 Å². The van der Waals surface area contributed by atoms with Crippen molar-refractivity contribution in [1.82, 2.24) is 15.0 Å². The molecular formula is C13H18N4O. The van der Waals surface area contributed by atoms with Crippen LogP contribution in [0.25, 0.3) is 0 Å². The molecule has 0 aliphatic carbocycles. The van der Waals surface area contributed by atoms with Crippen LogP contribution in [0.1, 0.15) is 30.6 Å². The Hall–Kier alpha value is -1.88. The van der Waals surface area contributed by atoms with Gasteiger partial charge < -0.3 is 10.5 Å². The van der Waals surface area contributed by atoms with Gasteiger partial charge in [-0.3, -0.25) is 4.68 Å². The predicted octanol–water partition coefficient (Wildman–Crippen LogP) is 1.80. The topological polar surface area (TPSA) is 66.0 Å². The summed E-state index contributed by atoms with van der Waals surface area (Å²) in [5.41, 5.74) is 7.89. The Balaban J connectivity index is 1.94. The van der Waals surface area contributed by atoms with E-state index in [0.717, 1.165) is 23.4 Å². The van der Waals surface area contributed by atoms with Gasteiger partial charge in [0.15, 0.2) is 0 Å². The number of ether oxygens (including phenoxy) is 1. The average Bonchev–Trinajstić information content (AvgIpc) is 2.82. The molecule has 0 saturated heterocycles. The smallest absolute Gasteiger partial charge is 0.134 e. The van der Waals surface area contributed by atoms with E-state index >= 15 is 0 Å². The fourth-order valence-corrected chi connectivity index (χ4v) is 1.67. The lowest BCUT2D eigenvalue weighted by Crippen LogP contribution is -2.08. The minimum absolute atomic E-state index is 0.0963. The van der Waals surface area contributed by atoms with Crippen LogP contribution in [0.4, 0.5) is 0 Å². The zero-order valence-electron chi connectivity index (χ0n) is 10.7. The Kier molecular flexibility index (Phi) is 3.94.